The summed E-state index contributed by atoms with van der Waals surface area (Å²) in [6.45, 7) is 3.73. The average molecular weight is 383 g/mol. The molecule has 27 heavy (non-hydrogen) atoms. The molecule has 3 aromatic heterocycles. The molecule has 0 saturated heterocycles. The Balaban J connectivity index is 1.73. The summed E-state index contributed by atoms with van der Waals surface area (Å²) in [6, 6.07) is 11.3. The van der Waals surface area contributed by atoms with E-state index in [1.54, 1.807) is 9.36 Å². The van der Waals surface area contributed by atoms with E-state index < -0.39 is 0 Å². The van der Waals surface area contributed by atoms with Crippen molar-refractivity contribution in [2.75, 3.05) is 0 Å². The van der Waals surface area contributed by atoms with Crippen LogP contribution >= 0.6 is 11.8 Å². The lowest BCUT2D eigenvalue weighted by atomic mass is 10.3. The standard InChI is InChI=1S/C17H17N7O2S/c1-11-9-14(26-19-11)10-27-17-18-20-21-23(17)15-12(2)22(3)24(16(15)25)13-7-5-4-6-8-13/h4-9H,10H2,1-3H3. The number of aryl methyl sites for hydroxylation is 1. The second kappa shape index (κ2) is 6.88. The fourth-order valence-corrected chi connectivity index (χ4v) is 3.58. The van der Waals surface area contributed by atoms with Crippen LogP contribution in [-0.4, -0.2) is 34.7 Å². The van der Waals surface area contributed by atoms with E-state index in [0.29, 0.717) is 16.6 Å². The molecular formula is C17H17N7O2S. The second-order valence-corrected chi connectivity index (χ2v) is 6.95. The van der Waals surface area contributed by atoms with Crippen molar-refractivity contribution >= 4 is 11.8 Å². The third-order valence-electron chi connectivity index (χ3n) is 4.20. The van der Waals surface area contributed by atoms with Gasteiger partial charge in [0.25, 0.3) is 5.56 Å². The van der Waals surface area contributed by atoms with Gasteiger partial charge in [0.15, 0.2) is 5.69 Å². The number of nitrogens with zero attached hydrogens (tertiary/aromatic N) is 7. The van der Waals surface area contributed by atoms with Crippen molar-refractivity contribution in [3.63, 3.8) is 0 Å². The van der Waals surface area contributed by atoms with Crippen LogP contribution in [0.25, 0.3) is 11.4 Å². The molecule has 0 saturated carbocycles. The lowest BCUT2D eigenvalue weighted by Gasteiger charge is -2.07. The van der Waals surface area contributed by atoms with Crippen LogP contribution in [0.3, 0.4) is 0 Å². The summed E-state index contributed by atoms with van der Waals surface area (Å²) in [5, 5.41) is 16.2. The first-order valence-electron chi connectivity index (χ1n) is 8.24. The van der Waals surface area contributed by atoms with Crippen molar-refractivity contribution in [1.82, 2.24) is 34.7 Å². The van der Waals surface area contributed by atoms with Gasteiger partial charge in [-0.2, -0.15) is 4.68 Å². The largest absolute Gasteiger partial charge is 0.360 e. The molecule has 0 N–H and O–H groups in total. The Hall–Kier alpha value is -3.14. The molecule has 138 valence electrons. The van der Waals surface area contributed by atoms with Gasteiger partial charge in [-0.05, 0) is 36.4 Å². The van der Waals surface area contributed by atoms with Crippen LogP contribution in [-0.2, 0) is 12.8 Å². The van der Waals surface area contributed by atoms with Crippen LogP contribution in [0.1, 0.15) is 17.1 Å². The first-order valence-corrected chi connectivity index (χ1v) is 9.22. The summed E-state index contributed by atoms with van der Waals surface area (Å²) in [6.07, 6.45) is 0. The predicted molar refractivity (Wildman–Crippen MR) is 99.3 cm³/mol. The normalized spacial score (nSPS) is 11.2. The van der Waals surface area contributed by atoms with Crippen molar-refractivity contribution in [2.45, 2.75) is 24.8 Å². The lowest BCUT2D eigenvalue weighted by Crippen LogP contribution is -2.22. The van der Waals surface area contributed by atoms with E-state index in [9.17, 15) is 4.79 Å². The molecule has 0 aliphatic rings. The van der Waals surface area contributed by atoms with Gasteiger partial charge in [0.2, 0.25) is 5.16 Å². The van der Waals surface area contributed by atoms with E-state index in [0.717, 1.165) is 22.8 Å². The van der Waals surface area contributed by atoms with E-state index in [2.05, 4.69) is 20.7 Å². The SMILES string of the molecule is Cc1cc(CSc2nnnn2-c2c(C)n(C)n(-c3ccccc3)c2=O)on1. The van der Waals surface area contributed by atoms with Crippen LogP contribution in [0.4, 0.5) is 0 Å². The molecule has 0 aliphatic heterocycles. The lowest BCUT2D eigenvalue weighted by molar-refractivity contribution is 0.391. The van der Waals surface area contributed by atoms with Crippen molar-refractivity contribution in [1.29, 1.82) is 0 Å². The van der Waals surface area contributed by atoms with Gasteiger partial charge in [0.1, 0.15) is 5.76 Å². The van der Waals surface area contributed by atoms with Crippen LogP contribution in [0, 0.1) is 13.8 Å². The van der Waals surface area contributed by atoms with Crippen molar-refractivity contribution in [3.8, 4) is 11.4 Å². The monoisotopic (exact) mass is 383 g/mol. The Morgan fingerprint density at radius 1 is 1.19 bits per heavy atom. The maximum Gasteiger partial charge on any atom is 0.297 e. The maximum absolute atomic E-state index is 13.1. The van der Waals surface area contributed by atoms with Gasteiger partial charge in [-0.25, -0.2) is 4.68 Å². The molecule has 0 amide bonds. The first-order chi connectivity index (χ1) is 13.1. The fraction of sp³-hybridized carbons (Fsp3) is 0.235. The Kier molecular flexibility index (Phi) is 4.40. The molecule has 0 unspecified atom stereocenters. The van der Waals surface area contributed by atoms with Gasteiger partial charge in [-0.3, -0.25) is 9.48 Å². The van der Waals surface area contributed by atoms with Crippen molar-refractivity contribution in [3.05, 3.63) is 63.9 Å². The van der Waals surface area contributed by atoms with Gasteiger partial charge in [0, 0.05) is 13.1 Å². The summed E-state index contributed by atoms with van der Waals surface area (Å²) >= 11 is 1.38. The number of benzene rings is 1. The number of rotatable bonds is 5. The fourth-order valence-electron chi connectivity index (χ4n) is 2.83. The van der Waals surface area contributed by atoms with Gasteiger partial charge >= 0.3 is 0 Å². The van der Waals surface area contributed by atoms with Crippen LogP contribution < -0.4 is 5.56 Å². The summed E-state index contributed by atoms with van der Waals surface area (Å²) in [4.78, 5) is 13.1. The van der Waals surface area contributed by atoms with Crippen molar-refractivity contribution < 1.29 is 4.52 Å². The number of tetrazole rings is 1. The maximum atomic E-state index is 13.1. The minimum atomic E-state index is -0.189. The summed E-state index contributed by atoms with van der Waals surface area (Å²) in [5.41, 5.74) is 2.58. The minimum absolute atomic E-state index is 0.189. The molecule has 0 aliphatic carbocycles. The smallest absolute Gasteiger partial charge is 0.297 e. The highest BCUT2D eigenvalue weighted by atomic mass is 32.2. The zero-order valence-electron chi connectivity index (χ0n) is 15.0. The molecule has 0 radical (unpaired) electrons. The Labute approximate surface area is 158 Å². The van der Waals surface area contributed by atoms with E-state index in [1.165, 1.54) is 16.4 Å². The van der Waals surface area contributed by atoms with Crippen LogP contribution in [0.5, 0.6) is 0 Å². The van der Waals surface area contributed by atoms with Gasteiger partial charge in [-0.15, -0.1) is 5.10 Å². The molecular weight excluding hydrogens is 366 g/mol. The number of hydrogen-bond acceptors (Lipinski definition) is 7. The number of aromatic nitrogens is 7. The summed E-state index contributed by atoms with van der Waals surface area (Å²) < 4.78 is 10.1. The molecule has 1 aromatic carbocycles. The Morgan fingerprint density at radius 2 is 1.96 bits per heavy atom. The molecule has 4 rings (SSSR count). The molecule has 3 heterocycles. The number of thioether (sulfide) groups is 1. The van der Waals surface area contributed by atoms with Crippen LogP contribution in [0.15, 0.2) is 50.9 Å². The van der Waals surface area contributed by atoms with Gasteiger partial charge in [0.05, 0.1) is 22.8 Å². The molecule has 10 heteroatoms. The molecule has 4 aromatic rings. The minimum Gasteiger partial charge on any atom is -0.360 e. The molecule has 0 spiro atoms. The number of para-hydroxylation sites is 1. The highest BCUT2D eigenvalue weighted by Crippen LogP contribution is 2.23. The van der Waals surface area contributed by atoms with E-state index >= 15 is 0 Å². The topological polar surface area (TPSA) is 96.6 Å². The predicted octanol–water partition coefficient (Wildman–Crippen LogP) is 2.05. The highest BCUT2D eigenvalue weighted by Gasteiger charge is 2.22. The van der Waals surface area contributed by atoms with Gasteiger partial charge < -0.3 is 4.52 Å². The second-order valence-electron chi connectivity index (χ2n) is 6.01. The van der Waals surface area contributed by atoms with E-state index in [4.69, 9.17) is 4.52 Å². The quantitative estimate of drug-likeness (QED) is 0.487. The van der Waals surface area contributed by atoms with Crippen molar-refractivity contribution in [2.24, 2.45) is 7.05 Å². The summed E-state index contributed by atoms with van der Waals surface area (Å²) in [7, 11) is 1.84. The summed E-state index contributed by atoms with van der Waals surface area (Å²) in [5.74, 6) is 1.23. The van der Waals surface area contributed by atoms with E-state index in [1.807, 2.05) is 57.3 Å². The van der Waals surface area contributed by atoms with E-state index in [-0.39, 0.29) is 5.56 Å². The van der Waals surface area contributed by atoms with Gasteiger partial charge in [-0.1, -0.05) is 35.1 Å². The molecule has 0 atom stereocenters. The Morgan fingerprint density at radius 3 is 2.67 bits per heavy atom. The average Bonchev–Trinajstić information content (AvgIpc) is 3.34. The highest BCUT2D eigenvalue weighted by molar-refractivity contribution is 7.98. The number of hydrogen-bond donors (Lipinski definition) is 0. The molecule has 0 bridgehead atoms. The zero-order valence-corrected chi connectivity index (χ0v) is 15.8. The van der Waals surface area contributed by atoms with Crippen LogP contribution in [0.2, 0.25) is 0 Å². The third kappa shape index (κ3) is 3.08. The molecule has 0 fully saturated rings. The first kappa shape index (κ1) is 17.3. The Bertz CT molecular complexity index is 1140. The third-order valence-corrected chi connectivity index (χ3v) is 5.14. The zero-order chi connectivity index (χ0) is 19.0. The molecule has 9 nitrogen and oxygen atoms in total.